The maximum Gasteiger partial charge on any atom is 0.362 e. The average molecular weight is 286 g/mol. The highest BCUT2D eigenvalue weighted by Crippen LogP contribution is 2.31. The zero-order valence-electron chi connectivity index (χ0n) is 13.8. The summed E-state index contributed by atoms with van der Waals surface area (Å²) in [7, 11) is 0. The predicted octanol–water partition coefficient (Wildman–Crippen LogP) is 1.89. The van der Waals surface area contributed by atoms with Gasteiger partial charge in [0.25, 0.3) is 0 Å². The van der Waals surface area contributed by atoms with E-state index in [-0.39, 0.29) is 25.0 Å². The van der Waals surface area contributed by atoms with Gasteiger partial charge in [0.1, 0.15) is 23.8 Å². The van der Waals surface area contributed by atoms with E-state index >= 15 is 0 Å². The quantitative estimate of drug-likeness (QED) is 0.450. The number of nitrogens with zero attached hydrogens (tertiary/aromatic N) is 1. The molecule has 116 valence electrons. The molecule has 1 atom stereocenters. The second-order valence-electron chi connectivity index (χ2n) is 7.74. The molecule has 0 bridgehead atoms. The number of carbonyl (C=O) groups is 2. The lowest BCUT2D eigenvalue weighted by Crippen LogP contribution is -2.43. The molecule has 1 aliphatic rings. The van der Waals surface area contributed by atoms with Gasteiger partial charge in [0.15, 0.2) is 13.1 Å². The van der Waals surface area contributed by atoms with E-state index < -0.39 is 11.2 Å². The molecule has 1 heterocycles. The molecule has 1 fully saturated rings. The Kier molecular flexibility index (Phi) is 4.54. The molecule has 0 aromatic carbocycles. The Labute approximate surface area is 121 Å². The standard InChI is InChI=1S/C15H28NO4/c1-11-8-16(11,9-12(17)19-14(2,3)4)10-13(18)20-15(5,6)7/h11H,8-10H2,1-7H3/q+1. The Balaban J connectivity index is 2.57. The lowest BCUT2D eigenvalue weighted by molar-refractivity contribution is -0.797. The van der Waals surface area contributed by atoms with Crippen LogP contribution in [0.5, 0.6) is 0 Å². The Bertz CT molecular complexity index is 360. The Morgan fingerprint density at radius 2 is 1.25 bits per heavy atom. The third kappa shape index (κ3) is 5.49. The first-order valence-electron chi connectivity index (χ1n) is 7.12. The molecule has 1 rings (SSSR count). The zero-order chi connectivity index (χ0) is 15.8. The van der Waals surface area contributed by atoms with Crippen molar-refractivity contribution in [2.24, 2.45) is 0 Å². The van der Waals surface area contributed by atoms with E-state index in [1.54, 1.807) is 0 Å². The van der Waals surface area contributed by atoms with E-state index in [2.05, 4.69) is 0 Å². The lowest BCUT2D eigenvalue weighted by Gasteiger charge is -2.25. The molecule has 1 unspecified atom stereocenters. The van der Waals surface area contributed by atoms with Crippen LogP contribution in [-0.2, 0) is 19.1 Å². The summed E-state index contributed by atoms with van der Waals surface area (Å²) in [6.45, 7) is 14.4. The maximum absolute atomic E-state index is 11.9. The van der Waals surface area contributed by atoms with E-state index in [0.29, 0.717) is 10.5 Å². The summed E-state index contributed by atoms with van der Waals surface area (Å²) >= 11 is 0. The monoisotopic (exact) mass is 286 g/mol. The number of hydrogen-bond donors (Lipinski definition) is 0. The lowest BCUT2D eigenvalue weighted by atomic mass is 10.2. The third-order valence-electron chi connectivity index (χ3n) is 3.16. The number of quaternary nitrogens is 1. The summed E-state index contributed by atoms with van der Waals surface area (Å²) in [4.78, 5) is 23.9. The van der Waals surface area contributed by atoms with Crippen molar-refractivity contribution < 1.29 is 23.5 Å². The topological polar surface area (TPSA) is 52.6 Å². The van der Waals surface area contributed by atoms with Gasteiger partial charge in [-0.2, -0.15) is 0 Å². The second-order valence-corrected chi connectivity index (χ2v) is 7.74. The van der Waals surface area contributed by atoms with E-state index in [4.69, 9.17) is 9.47 Å². The fraction of sp³-hybridized carbons (Fsp3) is 0.867. The fourth-order valence-corrected chi connectivity index (χ4v) is 2.24. The van der Waals surface area contributed by atoms with E-state index in [9.17, 15) is 9.59 Å². The van der Waals surface area contributed by atoms with Crippen molar-refractivity contribution in [1.29, 1.82) is 0 Å². The van der Waals surface area contributed by atoms with Crippen molar-refractivity contribution in [3.63, 3.8) is 0 Å². The number of esters is 2. The smallest absolute Gasteiger partial charge is 0.362 e. The van der Waals surface area contributed by atoms with Crippen LogP contribution < -0.4 is 0 Å². The van der Waals surface area contributed by atoms with Gasteiger partial charge in [0.05, 0.1) is 0 Å². The third-order valence-corrected chi connectivity index (χ3v) is 3.16. The van der Waals surface area contributed by atoms with E-state index in [1.807, 2.05) is 48.5 Å². The Morgan fingerprint density at radius 1 is 0.950 bits per heavy atom. The molecule has 0 aliphatic carbocycles. The Hall–Kier alpha value is -1.10. The highest BCUT2D eigenvalue weighted by molar-refractivity contribution is 5.74. The van der Waals surface area contributed by atoms with Crippen LogP contribution in [0.3, 0.4) is 0 Å². The van der Waals surface area contributed by atoms with Gasteiger partial charge in [-0.1, -0.05) is 0 Å². The average Bonchev–Trinajstić information content (AvgIpc) is 2.66. The van der Waals surface area contributed by atoms with Crippen LogP contribution in [0.15, 0.2) is 0 Å². The number of hydrogen-bond acceptors (Lipinski definition) is 4. The summed E-state index contributed by atoms with van der Waals surface area (Å²) in [5.74, 6) is -0.518. The summed E-state index contributed by atoms with van der Waals surface area (Å²) in [5.41, 5.74) is -0.988. The largest absolute Gasteiger partial charge is 0.456 e. The van der Waals surface area contributed by atoms with Gasteiger partial charge >= 0.3 is 11.9 Å². The van der Waals surface area contributed by atoms with Crippen LogP contribution in [0.25, 0.3) is 0 Å². The van der Waals surface area contributed by atoms with Gasteiger partial charge in [-0.25, -0.2) is 9.59 Å². The van der Waals surface area contributed by atoms with Gasteiger partial charge in [0, 0.05) is 0 Å². The minimum Gasteiger partial charge on any atom is -0.456 e. The van der Waals surface area contributed by atoms with E-state index in [0.717, 1.165) is 6.54 Å². The first kappa shape index (κ1) is 17.0. The highest BCUT2D eigenvalue weighted by Gasteiger charge is 2.55. The van der Waals surface area contributed by atoms with Crippen molar-refractivity contribution in [3.05, 3.63) is 0 Å². The molecule has 1 aliphatic heterocycles. The predicted molar refractivity (Wildman–Crippen MR) is 76.0 cm³/mol. The van der Waals surface area contributed by atoms with Crippen LogP contribution >= 0.6 is 0 Å². The summed E-state index contributed by atoms with van der Waals surface area (Å²) in [6, 6.07) is 0.301. The second kappa shape index (κ2) is 5.35. The van der Waals surface area contributed by atoms with Crippen LogP contribution in [0, 0.1) is 0 Å². The van der Waals surface area contributed by atoms with Crippen molar-refractivity contribution in [2.75, 3.05) is 19.6 Å². The van der Waals surface area contributed by atoms with Gasteiger partial charge in [0.2, 0.25) is 0 Å². The highest BCUT2D eigenvalue weighted by atomic mass is 16.6. The van der Waals surface area contributed by atoms with Crippen LogP contribution in [0.2, 0.25) is 0 Å². The van der Waals surface area contributed by atoms with Crippen LogP contribution in [-0.4, -0.2) is 53.3 Å². The van der Waals surface area contributed by atoms with E-state index in [1.165, 1.54) is 0 Å². The molecule has 0 amide bonds. The molecule has 5 nitrogen and oxygen atoms in total. The maximum atomic E-state index is 11.9. The summed E-state index contributed by atoms with van der Waals surface area (Å²) in [6.07, 6.45) is 0. The molecule has 20 heavy (non-hydrogen) atoms. The van der Waals surface area contributed by atoms with Crippen LogP contribution in [0.1, 0.15) is 48.5 Å². The molecule has 0 aromatic rings. The van der Waals surface area contributed by atoms with Gasteiger partial charge in [-0.3, -0.25) is 4.48 Å². The SMILES string of the molecule is CC1C[N+]1(CC(=O)OC(C)(C)C)CC(=O)OC(C)(C)C. The zero-order valence-corrected chi connectivity index (χ0v) is 13.8. The first-order valence-corrected chi connectivity index (χ1v) is 7.12. The molecule has 5 heteroatoms. The number of rotatable bonds is 4. The van der Waals surface area contributed by atoms with Gasteiger partial charge < -0.3 is 9.47 Å². The molecule has 1 saturated heterocycles. The van der Waals surface area contributed by atoms with Crippen molar-refractivity contribution >= 4 is 11.9 Å². The number of ether oxygens (including phenoxy) is 2. The Morgan fingerprint density at radius 3 is 1.45 bits per heavy atom. The minimum atomic E-state index is -0.494. The molecule has 0 radical (unpaired) electrons. The van der Waals surface area contributed by atoms with Gasteiger partial charge in [-0.15, -0.1) is 0 Å². The fourth-order valence-electron chi connectivity index (χ4n) is 2.24. The molecule has 0 spiro atoms. The molecule has 0 saturated carbocycles. The minimum absolute atomic E-state index is 0.234. The van der Waals surface area contributed by atoms with Crippen molar-refractivity contribution in [3.8, 4) is 0 Å². The summed E-state index contributed by atoms with van der Waals surface area (Å²) in [5, 5.41) is 0. The molecular formula is C15H28NO4+. The number of carbonyl (C=O) groups excluding carboxylic acids is 2. The van der Waals surface area contributed by atoms with Crippen molar-refractivity contribution in [1.82, 2.24) is 0 Å². The molecule has 0 aromatic heterocycles. The molecule has 0 N–H and O–H groups in total. The van der Waals surface area contributed by atoms with Crippen LogP contribution in [0.4, 0.5) is 0 Å². The van der Waals surface area contributed by atoms with Crippen molar-refractivity contribution in [2.45, 2.75) is 65.7 Å². The molecular weight excluding hydrogens is 258 g/mol. The summed E-state index contributed by atoms with van der Waals surface area (Å²) < 4.78 is 11.1. The van der Waals surface area contributed by atoms with Gasteiger partial charge in [-0.05, 0) is 48.5 Å². The normalized spacial score (nSPS) is 21.2. The first-order chi connectivity index (χ1) is 8.83.